The molecule has 0 heterocycles. The minimum absolute atomic E-state index is 0.0410. The predicted molar refractivity (Wildman–Crippen MR) is 55.8 cm³/mol. The van der Waals surface area contributed by atoms with Crippen LogP contribution in [0.25, 0.3) is 0 Å². The standard InChI is InChI=1S/C9H6F3IO2/c1-4(14)5-2-3-6(15)7(8(5)13)9(10,11)12/h2-3,15H,1H3. The Morgan fingerprint density at radius 1 is 1.40 bits per heavy atom. The summed E-state index contributed by atoms with van der Waals surface area (Å²) in [5.41, 5.74) is -1.20. The quantitative estimate of drug-likeness (QED) is 0.634. The third-order valence-electron chi connectivity index (χ3n) is 1.78. The molecule has 0 saturated heterocycles. The Bertz CT molecular complexity index is 413. The van der Waals surface area contributed by atoms with Crippen LogP contribution < -0.4 is 0 Å². The van der Waals surface area contributed by atoms with Crippen molar-refractivity contribution in [1.82, 2.24) is 0 Å². The molecular weight excluding hydrogens is 324 g/mol. The van der Waals surface area contributed by atoms with Crippen molar-refractivity contribution in [3.8, 4) is 5.75 Å². The summed E-state index contributed by atoms with van der Waals surface area (Å²) in [6.45, 7) is 1.18. The summed E-state index contributed by atoms with van der Waals surface area (Å²) in [5.74, 6) is -1.33. The third-order valence-corrected chi connectivity index (χ3v) is 2.90. The van der Waals surface area contributed by atoms with Gasteiger partial charge in [-0.3, -0.25) is 4.79 Å². The Hall–Kier alpha value is -0.790. The molecule has 0 atom stereocenters. The number of aromatic hydroxyl groups is 1. The van der Waals surface area contributed by atoms with Crippen molar-refractivity contribution in [3.63, 3.8) is 0 Å². The molecule has 0 bridgehead atoms. The number of phenolic OH excluding ortho intramolecular Hbond substituents is 1. The van der Waals surface area contributed by atoms with E-state index in [4.69, 9.17) is 5.11 Å². The Morgan fingerprint density at radius 2 is 1.93 bits per heavy atom. The van der Waals surface area contributed by atoms with Crippen LogP contribution in [-0.4, -0.2) is 10.9 Å². The Labute approximate surface area is 97.2 Å². The molecule has 1 aromatic carbocycles. The molecule has 1 aromatic rings. The summed E-state index contributed by atoms with van der Waals surface area (Å²) in [6.07, 6.45) is -4.66. The zero-order valence-corrected chi connectivity index (χ0v) is 9.68. The van der Waals surface area contributed by atoms with Crippen molar-refractivity contribution < 1.29 is 23.1 Å². The van der Waals surface area contributed by atoms with Gasteiger partial charge in [-0.1, -0.05) is 0 Å². The van der Waals surface area contributed by atoms with Crippen molar-refractivity contribution in [2.45, 2.75) is 13.1 Å². The Kier molecular flexibility index (Phi) is 3.27. The third kappa shape index (κ3) is 2.42. The molecule has 0 saturated carbocycles. The van der Waals surface area contributed by atoms with Gasteiger partial charge in [0.05, 0.1) is 0 Å². The second-order valence-electron chi connectivity index (χ2n) is 2.88. The molecular formula is C9H6F3IO2. The number of carbonyl (C=O) groups is 1. The summed E-state index contributed by atoms with van der Waals surface area (Å²) >= 11 is 1.41. The average Bonchev–Trinajstić information content (AvgIpc) is 2.00. The number of rotatable bonds is 1. The van der Waals surface area contributed by atoms with E-state index in [1.54, 1.807) is 0 Å². The Morgan fingerprint density at radius 3 is 2.33 bits per heavy atom. The monoisotopic (exact) mass is 330 g/mol. The molecule has 0 amide bonds. The van der Waals surface area contributed by atoms with Crippen LogP contribution >= 0.6 is 22.6 Å². The normalized spacial score (nSPS) is 11.5. The minimum atomic E-state index is -4.66. The van der Waals surface area contributed by atoms with Crippen LogP contribution in [0, 0.1) is 3.57 Å². The molecule has 2 nitrogen and oxygen atoms in total. The van der Waals surface area contributed by atoms with E-state index in [0.717, 1.165) is 6.07 Å². The van der Waals surface area contributed by atoms with Crippen molar-refractivity contribution >= 4 is 28.4 Å². The van der Waals surface area contributed by atoms with Gasteiger partial charge in [0.15, 0.2) is 5.78 Å². The number of ketones is 1. The van der Waals surface area contributed by atoms with E-state index in [1.807, 2.05) is 0 Å². The van der Waals surface area contributed by atoms with E-state index < -0.39 is 23.3 Å². The lowest BCUT2D eigenvalue weighted by Crippen LogP contribution is -2.11. The second-order valence-corrected chi connectivity index (χ2v) is 3.95. The van der Waals surface area contributed by atoms with Gasteiger partial charge in [-0.2, -0.15) is 13.2 Å². The van der Waals surface area contributed by atoms with E-state index in [-0.39, 0.29) is 9.13 Å². The van der Waals surface area contributed by atoms with Gasteiger partial charge >= 0.3 is 6.18 Å². The number of Topliss-reactive ketones (excluding diaryl/α,β-unsaturated/α-hetero) is 1. The van der Waals surface area contributed by atoms with Gasteiger partial charge in [-0.25, -0.2) is 0 Å². The molecule has 0 spiro atoms. The highest BCUT2D eigenvalue weighted by Crippen LogP contribution is 2.40. The maximum absolute atomic E-state index is 12.5. The summed E-state index contributed by atoms with van der Waals surface area (Å²) in [5, 5.41) is 9.10. The fourth-order valence-corrected chi connectivity index (χ4v) is 2.25. The lowest BCUT2D eigenvalue weighted by molar-refractivity contribution is -0.139. The van der Waals surface area contributed by atoms with Crippen molar-refractivity contribution in [3.05, 3.63) is 26.8 Å². The highest BCUT2D eigenvalue weighted by molar-refractivity contribution is 14.1. The summed E-state index contributed by atoms with van der Waals surface area (Å²) in [7, 11) is 0. The smallest absolute Gasteiger partial charge is 0.421 e. The SMILES string of the molecule is CC(=O)c1ccc(O)c(C(F)(F)F)c1I. The molecule has 0 aliphatic rings. The fourth-order valence-electron chi connectivity index (χ4n) is 1.11. The van der Waals surface area contributed by atoms with Crippen LogP contribution in [0.3, 0.4) is 0 Å². The summed E-state index contributed by atoms with van der Waals surface area (Å²) in [4.78, 5) is 11.0. The highest BCUT2D eigenvalue weighted by Gasteiger charge is 2.37. The van der Waals surface area contributed by atoms with E-state index in [2.05, 4.69) is 0 Å². The second kappa shape index (κ2) is 3.99. The van der Waals surface area contributed by atoms with E-state index in [1.165, 1.54) is 35.6 Å². The molecule has 15 heavy (non-hydrogen) atoms. The number of halogens is 4. The van der Waals surface area contributed by atoms with E-state index in [0.29, 0.717) is 0 Å². The molecule has 0 fully saturated rings. The minimum Gasteiger partial charge on any atom is -0.507 e. The first kappa shape index (κ1) is 12.3. The van der Waals surface area contributed by atoms with Crippen LogP contribution in [0.15, 0.2) is 12.1 Å². The van der Waals surface area contributed by atoms with Gasteiger partial charge < -0.3 is 5.11 Å². The van der Waals surface area contributed by atoms with Gasteiger partial charge in [0.25, 0.3) is 0 Å². The number of benzene rings is 1. The van der Waals surface area contributed by atoms with Crippen LogP contribution in [0.5, 0.6) is 5.75 Å². The maximum Gasteiger partial charge on any atom is 0.421 e. The number of hydrogen-bond acceptors (Lipinski definition) is 2. The molecule has 1 N–H and O–H groups in total. The first-order valence-electron chi connectivity index (χ1n) is 3.84. The van der Waals surface area contributed by atoms with Gasteiger partial charge in [0.2, 0.25) is 0 Å². The number of carbonyl (C=O) groups excluding carboxylic acids is 1. The molecule has 0 aromatic heterocycles. The summed E-state index contributed by atoms with van der Waals surface area (Å²) < 4.78 is 37.2. The van der Waals surface area contributed by atoms with Crippen LogP contribution in [0.4, 0.5) is 13.2 Å². The molecule has 82 valence electrons. The zero-order chi connectivity index (χ0) is 11.8. The lowest BCUT2D eigenvalue weighted by Gasteiger charge is -2.13. The summed E-state index contributed by atoms with van der Waals surface area (Å²) in [6, 6.07) is 2.05. The molecule has 6 heteroatoms. The largest absolute Gasteiger partial charge is 0.507 e. The van der Waals surface area contributed by atoms with Crippen LogP contribution in [0.1, 0.15) is 22.8 Å². The number of phenols is 1. The zero-order valence-electron chi connectivity index (χ0n) is 7.52. The number of alkyl halides is 3. The topological polar surface area (TPSA) is 37.3 Å². The van der Waals surface area contributed by atoms with E-state index in [9.17, 15) is 18.0 Å². The van der Waals surface area contributed by atoms with Crippen molar-refractivity contribution in [2.75, 3.05) is 0 Å². The first-order chi connectivity index (χ1) is 6.75. The van der Waals surface area contributed by atoms with Crippen molar-refractivity contribution in [1.29, 1.82) is 0 Å². The highest BCUT2D eigenvalue weighted by atomic mass is 127. The first-order valence-corrected chi connectivity index (χ1v) is 4.92. The fraction of sp³-hybridized carbons (Fsp3) is 0.222. The molecule has 0 radical (unpaired) electrons. The van der Waals surface area contributed by atoms with Crippen LogP contribution in [0.2, 0.25) is 0 Å². The Balaban J connectivity index is 3.51. The molecule has 0 aliphatic carbocycles. The number of hydrogen-bond donors (Lipinski definition) is 1. The van der Waals surface area contributed by atoms with Crippen LogP contribution in [-0.2, 0) is 6.18 Å². The average molecular weight is 330 g/mol. The molecule has 1 rings (SSSR count). The van der Waals surface area contributed by atoms with E-state index >= 15 is 0 Å². The molecule has 0 aliphatic heterocycles. The van der Waals surface area contributed by atoms with Gasteiger partial charge in [-0.15, -0.1) is 0 Å². The van der Waals surface area contributed by atoms with Crippen molar-refractivity contribution in [2.24, 2.45) is 0 Å². The predicted octanol–water partition coefficient (Wildman–Crippen LogP) is 3.22. The maximum atomic E-state index is 12.5. The van der Waals surface area contributed by atoms with Gasteiger partial charge in [0.1, 0.15) is 11.3 Å². The lowest BCUT2D eigenvalue weighted by atomic mass is 10.1. The van der Waals surface area contributed by atoms with Gasteiger partial charge in [0, 0.05) is 9.13 Å². The molecule has 0 unspecified atom stereocenters. The van der Waals surface area contributed by atoms with Gasteiger partial charge in [-0.05, 0) is 41.6 Å².